The molecule has 1 fully saturated rings. The van der Waals surface area contributed by atoms with E-state index in [9.17, 15) is 9.59 Å². The second-order valence-electron chi connectivity index (χ2n) is 5.46. The van der Waals surface area contributed by atoms with Crippen LogP contribution >= 0.6 is 11.6 Å². The molecule has 1 aliphatic heterocycles. The van der Waals surface area contributed by atoms with Crippen molar-refractivity contribution in [2.45, 2.75) is 19.5 Å². The van der Waals surface area contributed by atoms with Gasteiger partial charge in [-0.1, -0.05) is 23.7 Å². The molecular formula is C15H21ClN4O2. The summed E-state index contributed by atoms with van der Waals surface area (Å²) < 4.78 is 0. The molecular weight excluding hydrogens is 304 g/mol. The van der Waals surface area contributed by atoms with E-state index in [-0.39, 0.29) is 5.91 Å². The van der Waals surface area contributed by atoms with Crippen LogP contribution in [0.15, 0.2) is 24.3 Å². The van der Waals surface area contributed by atoms with E-state index in [0.29, 0.717) is 13.1 Å². The highest BCUT2D eigenvalue weighted by Gasteiger charge is 2.25. The quantitative estimate of drug-likeness (QED) is 0.868. The monoisotopic (exact) mass is 324 g/mol. The molecule has 0 saturated carbocycles. The SMILES string of the molecule is C[C@H](NC(N)=O)C(=O)N1CCN(Cc2cccc(Cl)c2)CC1. The number of carbonyl (C=O) groups excluding carboxylic acids is 2. The summed E-state index contributed by atoms with van der Waals surface area (Å²) in [7, 11) is 0. The maximum absolute atomic E-state index is 12.2. The van der Waals surface area contributed by atoms with E-state index in [2.05, 4.69) is 10.2 Å². The molecule has 1 aromatic carbocycles. The molecule has 0 aliphatic carbocycles. The van der Waals surface area contributed by atoms with Gasteiger partial charge in [0.05, 0.1) is 0 Å². The fraction of sp³-hybridized carbons (Fsp3) is 0.467. The van der Waals surface area contributed by atoms with E-state index in [1.165, 1.54) is 0 Å². The van der Waals surface area contributed by atoms with Crippen molar-refractivity contribution in [3.05, 3.63) is 34.9 Å². The van der Waals surface area contributed by atoms with Gasteiger partial charge in [0.25, 0.3) is 0 Å². The molecule has 22 heavy (non-hydrogen) atoms. The highest BCUT2D eigenvalue weighted by molar-refractivity contribution is 6.30. The molecule has 1 aromatic rings. The molecule has 1 saturated heterocycles. The maximum Gasteiger partial charge on any atom is 0.312 e. The lowest BCUT2D eigenvalue weighted by Crippen LogP contribution is -2.54. The number of hydrogen-bond donors (Lipinski definition) is 2. The zero-order valence-electron chi connectivity index (χ0n) is 12.6. The Hall–Kier alpha value is -1.79. The summed E-state index contributed by atoms with van der Waals surface area (Å²) in [5.74, 6) is -0.0961. The van der Waals surface area contributed by atoms with Crippen molar-refractivity contribution in [1.82, 2.24) is 15.1 Å². The summed E-state index contributed by atoms with van der Waals surface area (Å²) in [6.07, 6.45) is 0. The molecule has 1 heterocycles. The number of rotatable bonds is 4. The van der Waals surface area contributed by atoms with Crippen LogP contribution in [0.4, 0.5) is 4.79 Å². The number of benzene rings is 1. The van der Waals surface area contributed by atoms with Crippen molar-refractivity contribution in [3.8, 4) is 0 Å². The second kappa shape index (κ2) is 7.47. The third kappa shape index (κ3) is 4.61. The fourth-order valence-electron chi connectivity index (χ4n) is 2.57. The number of piperazine rings is 1. The molecule has 7 heteroatoms. The summed E-state index contributed by atoms with van der Waals surface area (Å²) in [6.45, 7) is 5.33. The molecule has 1 atom stereocenters. The predicted octanol–water partition coefficient (Wildman–Crippen LogP) is 1.04. The smallest absolute Gasteiger partial charge is 0.312 e. The average molecular weight is 325 g/mol. The normalized spacial score (nSPS) is 17.1. The summed E-state index contributed by atoms with van der Waals surface area (Å²) in [4.78, 5) is 27.0. The van der Waals surface area contributed by atoms with Gasteiger partial charge in [-0.2, -0.15) is 0 Å². The Morgan fingerprint density at radius 1 is 1.32 bits per heavy atom. The van der Waals surface area contributed by atoms with Crippen molar-refractivity contribution in [3.63, 3.8) is 0 Å². The van der Waals surface area contributed by atoms with Crippen LogP contribution < -0.4 is 11.1 Å². The zero-order chi connectivity index (χ0) is 16.1. The first-order valence-electron chi connectivity index (χ1n) is 7.27. The van der Waals surface area contributed by atoms with Crippen LogP contribution in [-0.2, 0) is 11.3 Å². The molecule has 6 nitrogen and oxygen atoms in total. The van der Waals surface area contributed by atoms with Gasteiger partial charge in [0.15, 0.2) is 0 Å². The molecule has 0 aromatic heterocycles. The van der Waals surface area contributed by atoms with Crippen LogP contribution in [0.25, 0.3) is 0 Å². The van der Waals surface area contributed by atoms with Crippen LogP contribution in [0.5, 0.6) is 0 Å². The fourth-order valence-corrected chi connectivity index (χ4v) is 2.78. The van der Waals surface area contributed by atoms with Gasteiger partial charge in [0, 0.05) is 37.7 Å². The number of amides is 3. The first-order valence-corrected chi connectivity index (χ1v) is 7.65. The molecule has 0 bridgehead atoms. The molecule has 3 N–H and O–H groups in total. The topological polar surface area (TPSA) is 78.7 Å². The minimum Gasteiger partial charge on any atom is -0.352 e. The lowest BCUT2D eigenvalue weighted by molar-refractivity contribution is -0.134. The van der Waals surface area contributed by atoms with Crippen LogP contribution in [0.2, 0.25) is 5.02 Å². The van der Waals surface area contributed by atoms with E-state index in [0.717, 1.165) is 30.2 Å². The van der Waals surface area contributed by atoms with Gasteiger partial charge < -0.3 is 16.0 Å². The molecule has 1 aliphatic rings. The molecule has 0 spiro atoms. The van der Waals surface area contributed by atoms with E-state index < -0.39 is 12.1 Å². The number of halogens is 1. The van der Waals surface area contributed by atoms with Gasteiger partial charge in [-0.3, -0.25) is 9.69 Å². The Kier molecular flexibility index (Phi) is 5.63. The Bertz CT molecular complexity index is 544. The van der Waals surface area contributed by atoms with Crippen LogP contribution in [0.3, 0.4) is 0 Å². The van der Waals surface area contributed by atoms with Crippen molar-refractivity contribution in [2.24, 2.45) is 5.73 Å². The first kappa shape index (κ1) is 16.6. The summed E-state index contributed by atoms with van der Waals surface area (Å²) in [5.41, 5.74) is 6.20. The van der Waals surface area contributed by atoms with Crippen molar-refractivity contribution < 1.29 is 9.59 Å². The molecule has 3 amide bonds. The Morgan fingerprint density at radius 3 is 2.59 bits per heavy atom. The highest BCUT2D eigenvalue weighted by atomic mass is 35.5. The standard InChI is InChI=1S/C15H21ClN4O2/c1-11(18-15(17)22)14(21)20-7-5-19(6-8-20)10-12-3-2-4-13(16)9-12/h2-4,9,11H,5-8,10H2,1H3,(H3,17,18,22)/t11-/m0/s1. The van der Waals surface area contributed by atoms with Gasteiger partial charge in [-0.15, -0.1) is 0 Å². The number of hydrogen-bond acceptors (Lipinski definition) is 3. The Morgan fingerprint density at radius 2 is 2.00 bits per heavy atom. The van der Waals surface area contributed by atoms with Crippen molar-refractivity contribution in [2.75, 3.05) is 26.2 Å². The van der Waals surface area contributed by atoms with Gasteiger partial charge in [-0.05, 0) is 24.6 Å². The van der Waals surface area contributed by atoms with Gasteiger partial charge in [0.1, 0.15) is 6.04 Å². The highest BCUT2D eigenvalue weighted by Crippen LogP contribution is 2.14. The summed E-state index contributed by atoms with van der Waals surface area (Å²) >= 11 is 5.99. The Balaban J connectivity index is 1.82. The van der Waals surface area contributed by atoms with E-state index in [1.807, 2.05) is 24.3 Å². The Labute approximate surface area is 135 Å². The zero-order valence-corrected chi connectivity index (χ0v) is 13.3. The van der Waals surface area contributed by atoms with Gasteiger partial charge in [-0.25, -0.2) is 4.79 Å². The second-order valence-corrected chi connectivity index (χ2v) is 5.90. The number of nitrogens with zero attached hydrogens (tertiary/aromatic N) is 2. The maximum atomic E-state index is 12.2. The minimum atomic E-state index is -0.680. The summed E-state index contributed by atoms with van der Waals surface area (Å²) in [6, 6.07) is 6.53. The summed E-state index contributed by atoms with van der Waals surface area (Å²) in [5, 5.41) is 3.15. The van der Waals surface area contributed by atoms with E-state index in [4.69, 9.17) is 17.3 Å². The molecule has 120 valence electrons. The van der Waals surface area contributed by atoms with Crippen LogP contribution in [0, 0.1) is 0 Å². The van der Waals surface area contributed by atoms with Gasteiger partial charge in [0.2, 0.25) is 5.91 Å². The third-order valence-electron chi connectivity index (χ3n) is 3.71. The average Bonchev–Trinajstić information content (AvgIpc) is 2.46. The number of nitrogens with one attached hydrogen (secondary N) is 1. The molecule has 0 radical (unpaired) electrons. The lowest BCUT2D eigenvalue weighted by atomic mass is 10.2. The number of nitrogens with two attached hydrogens (primary N) is 1. The van der Waals surface area contributed by atoms with E-state index in [1.54, 1.807) is 11.8 Å². The third-order valence-corrected chi connectivity index (χ3v) is 3.94. The number of primary amides is 1. The van der Waals surface area contributed by atoms with Crippen LogP contribution in [-0.4, -0.2) is 54.0 Å². The van der Waals surface area contributed by atoms with Crippen molar-refractivity contribution in [1.29, 1.82) is 0 Å². The van der Waals surface area contributed by atoms with Crippen molar-refractivity contribution >= 4 is 23.5 Å². The molecule has 2 rings (SSSR count). The van der Waals surface area contributed by atoms with Crippen LogP contribution in [0.1, 0.15) is 12.5 Å². The predicted molar refractivity (Wildman–Crippen MR) is 85.5 cm³/mol. The molecule has 0 unspecified atom stereocenters. The number of urea groups is 1. The largest absolute Gasteiger partial charge is 0.352 e. The minimum absolute atomic E-state index is 0.0961. The lowest BCUT2D eigenvalue weighted by Gasteiger charge is -2.36. The number of carbonyl (C=O) groups is 2. The van der Waals surface area contributed by atoms with Gasteiger partial charge >= 0.3 is 6.03 Å². The first-order chi connectivity index (χ1) is 10.5. The van der Waals surface area contributed by atoms with E-state index >= 15 is 0 Å².